The number of hydrogen-bond donors (Lipinski definition) is 0. The molecule has 0 aliphatic carbocycles. The maximum Gasteiger partial charge on any atom is 0.247 e. The summed E-state index contributed by atoms with van der Waals surface area (Å²) in [6, 6.07) is 1.47. The molecule has 8 heteroatoms. The van der Waals surface area contributed by atoms with Crippen LogP contribution in [0.4, 0.5) is 0 Å². The van der Waals surface area contributed by atoms with Crippen LogP contribution in [-0.2, 0) is 15.9 Å². The minimum absolute atomic E-state index is 0.136. The van der Waals surface area contributed by atoms with Crippen LogP contribution < -0.4 is 0 Å². The van der Waals surface area contributed by atoms with E-state index >= 15 is 0 Å². The zero-order valence-corrected chi connectivity index (χ0v) is 14.5. The largest absolute Gasteiger partial charge is 0.452 e. The second kappa shape index (κ2) is 6.79. The zero-order valence-electron chi connectivity index (χ0n) is 11.3. The van der Waals surface area contributed by atoms with Crippen molar-refractivity contribution in [1.29, 1.82) is 0 Å². The maximum absolute atomic E-state index is 12.5. The number of alkyl halides is 1. The molecule has 20 heavy (non-hydrogen) atoms. The highest BCUT2D eigenvalue weighted by Gasteiger charge is 2.27. The second-order valence-corrected chi connectivity index (χ2v) is 7.86. The van der Waals surface area contributed by atoms with Gasteiger partial charge in [-0.1, -0.05) is 0 Å². The van der Waals surface area contributed by atoms with E-state index in [1.165, 1.54) is 23.2 Å². The van der Waals surface area contributed by atoms with Crippen LogP contribution in [0.2, 0.25) is 0 Å². The number of rotatable bonds is 6. The van der Waals surface area contributed by atoms with Crippen LogP contribution in [0.15, 0.2) is 20.0 Å². The van der Waals surface area contributed by atoms with E-state index in [2.05, 4.69) is 20.8 Å². The molecule has 0 spiro atoms. The minimum atomic E-state index is -3.54. The molecular weight excluding hydrogens is 368 g/mol. The molecule has 1 saturated heterocycles. The van der Waals surface area contributed by atoms with Crippen LogP contribution in [0, 0.1) is 0 Å². The molecule has 114 valence electrons. The standard InChI is InChI=1S/C12H18BrClN2O3S/c1-15(6-7-16-4-2-3-5-16)20(17,18)11-8-10(9-14)19-12(11)13/h8H,2-7,9H2,1H3. The van der Waals surface area contributed by atoms with Gasteiger partial charge in [0.05, 0.1) is 5.88 Å². The summed E-state index contributed by atoms with van der Waals surface area (Å²) in [4.78, 5) is 2.41. The molecule has 0 amide bonds. The summed E-state index contributed by atoms with van der Waals surface area (Å²) in [5.74, 6) is 0.580. The topological polar surface area (TPSA) is 53.8 Å². The highest BCUT2D eigenvalue weighted by atomic mass is 79.9. The Kier molecular flexibility index (Phi) is 5.53. The Bertz CT molecular complexity index is 555. The Morgan fingerprint density at radius 2 is 2.10 bits per heavy atom. The maximum atomic E-state index is 12.5. The first-order valence-corrected chi connectivity index (χ1v) is 9.25. The van der Waals surface area contributed by atoms with Crippen LogP contribution in [0.5, 0.6) is 0 Å². The third-order valence-corrected chi connectivity index (χ3v) is 6.43. The quantitative estimate of drug-likeness (QED) is 0.706. The minimum Gasteiger partial charge on any atom is -0.452 e. The predicted molar refractivity (Wildman–Crippen MR) is 81.5 cm³/mol. The van der Waals surface area contributed by atoms with Crippen molar-refractivity contribution in [3.8, 4) is 0 Å². The summed E-state index contributed by atoms with van der Waals surface area (Å²) < 4.78 is 31.7. The Morgan fingerprint density at radius 3 is 2.65 bits per heavy atom. The van der Waals surface area contributed by atoms with Crippen molar-refractivity contribution in [3.63, 3.8) is 0 Å². The van der Waals surface area contributed by atoms with Crippen molar-refractivity contribution in [2.24, 2.45) is 0 Å². The van der Waals surface area contributed by atoms with Crippen molar-refractivity contribution >= 4 is 37.6 Å². The van der Waals surface area contributed by atoms with Gasteiger partial charge < -0.3 is 9.32 Å². The molecule has 0 saturated carbocycles. The van der Waals surface area contributed by atoms with Crippen LogP contribution in [-0.4, -0.2) is 50.8 Å². The average molecular weight is 386 g/mol. The third kappa shape index (κ3) is 3.57. The highest BCUT2D eigenvalue weighted by molar-refractivity contribution is 9.10. The van der Waals surface area contributed by atoms with Gasteiger partial charge in [0.1, 0.15) is 10.7 Å². The molecule has 0 aromatic carbocycles. The van der Waals surface area contributed by atoms with Gasteiger partial charge in [-0.15, -0.1) is 11.6 Å². The van der Waals surface area contributed by atoms with Gasteiger partial charge in [0, 0.05) is 26.2 Å². The van der Waals surface area contributed by atoms with E-state index in [1.807, 2.05) is 0 Å². The fourth-order valence-corrected chi connectivity index (χ4v) is 4.47. The SMILES string of the molecule is CN(CCN1CCCC1)S(=O)(=O)c1cc(CCl)oc1Br. The first-order valence-electron chi connectivity index (χ1n) is 6.48. The smallest absolute Gasteiger partial charge is 0.247 e. The van der Waals surface area contributed by atoms with Crippen molar-refractivity contribution in [2.75, 3.05) is 33.2 Å². The molecule has 0 unspecified atom stereocenters. The monoisotopic (exact) mass is 384 g/mol. The van der Waals surface area contributed by atoms with E-state index in [0.29, 0.717) is 12.3 Å². The fourth-order valence-electron chi connectivity index (χ4n) is 2.22. The Balaban J connectivity index is 2.05. The van der Waals surface area contributed by atoms with E-state index in [1.54, 1.807) is 7.05 Å². The molecule has 5 nitrogen and oxygen atoms in total. The van der Waals surface area contributed by atoms with E-state index in [9.17, 15) is 8.42 Å². The van der Waals surface area contributed by atoms with Crippen LogP contribution in [0.3, 0.4) is 0 Å². The number of furan rings is 1. The van der Waals surface area contributed by atoms with E-state index < -0.39 is 10.0 Å². The predicted octanol–water partition coefficient (Wildman–Crippen LogP) is 2.50. The van der Waals surface area contributed by atoms with Crippen molar-refractivity contribution < 1.29 is 12.8 Å². The van der Waals surface area contributed by atoms with Crippen LogP contribution >= 0.6 is 27.5 Å². The number of hydrogen-bond acceptors (Lipinski definition) is 4. The molecule has 0 N–H and O–H groups in total. The molecule has 2 rings (SSSR count). The molecule has 1 aliphatic heterocycles. The van der Waals surface area contributed by atoms with Gasteiger partial charge >= 0.3 is 0 Å². The molecule has 1 aromatic heterocycles. The Labute approximate surface area is 133 Å². The number of likely N-dealkylation sites (N-methyl/N-ethyl adjacent to an activating group) is 1. The lowest BCUT2D eigenvalue weighted by Gasteiger charge is -2.20. The highest BCUT2D eigenvalue weighted by Crippen LogP contribution is 2.29. The van der Waals surface area contributed by atoms with Gasteiger partial charge in [-0.25, -0.2) is 8.42 Å². The molecular formula is C12H18BrClN2O3S. The van der Waals surface area contributed by atoms with Gasteiger partial charge in [0.2, 0.25) is 10.0 Å². The first kappa shape index (κ1) is 16.3. The second-order valence-electron chi connectivity index (χ2n) is 4.86. The third-order valence-electron chi connectivity index (χ3n) is 3.46. The van der Waals surface area contributed by atoms with Crippen molar-refractivity contribution in [2.45, 2.75) is 23.6 Å². The Morgan fingerprint density at radius 1 is 1.45 bits per heavy atom. The van der Waals surface area contributed by atoms with Gasteiger partial charge in [-0.05, 0) is 41.9 Å². The van der Waals surface area contributed by atoms with E-state index in [-0.39, 0.29) is 15.4 Å². The Hall–Kier alpha value is -0.0800. The van der Waals surface area contributed by atoms with Gasteiger partial charge in [0.15, 0.2) is 4.67 Å². The summed E-state index contributed by atoms with van der Waals surface area (Å²) in [6.07, 6.45) is 2.39. The van der Waals surface area contributed by atoms with Gasteiger partial charge in [-0.3, -0.25) is 0 Å². The lowest BCUT2D eigenvalue weighted by molar-refractivity contribution is 0.310. The van der Waals surface area contributed by atoms with E-state index in [4.69, 9.17) is 16.0 Å². The van der Waals surface area contributed by atoms with Crippen LogP contribution in [0.25, 0.3) is 0 Å². The van der Waals surface area contributed by atoms with Gasteiger partial charge in [-0.2, -0.15) is 4.31 Å². The normalized spacial score (nSPS) is 17.2. The van der Waals surface area contributed by atoms with Gasteiger partial charge in [0.25, 0.3) is 0 Å². The van der Waals surface area contributed by atoms with Crippen molar-refractivity contribution in [3.05, 3.63) is 16.5 Å². The lowest BCUT2D eigenvalue weighted by atomic mass is 10.4. The molecule has 0 atom stereocenters. The number of nitrogens with zero attached hydrogens (tertiary/aromatic N) is 2. The summed E-state index contributed by atoms with van der Waals surface area (Å²) in [7, 11) is -1.95. The average Bonchev–Trinajstić information content (AvgIpc) is 3.04. The zero-order chi connectivity index (χ0) is 14.8. The molecule has 1 aromatic rings. The van der Waals surface area contributed by atoms with E-state index in [0.717, 1.165) is 19.6 Å². The number of likely N-dealkylation sites (tertiary alicyclic amines) is 1. The lowest BCUT2D eigenvalue weighted by Crippen LogP contribution is -2.35. The molecule has 2 heterocycles. The number of halogens is 2. The van der Waals surface area contributed by atoms with Crippen molar-refractivity contribution in [1.82, 2.24) is 9.21 Å². The molecule has 0 bridgehead atoms. The summed E-state index contributed by atoms with van der Waals surface area (Å²) in [6.45, 7) is 3.34. The summed E-state index contributed by atoms with van der Waals surface area (Å²) in [5, 5.41) is 0. The molecule has 0 radical (unpaired) electrons. The molecule has 1 fully saturated rings. The number of sulfonamides is 1. The fraction of sp³-hybridized carbons (Fsp3) is 0.667. The van der Waals surface area contributed by atoms with Crippen LogP contribution in [0.1, 0.15) is 18.6 Å². The summed E-state index contributed by atoms with van der Waals surface area (Å²) in [5.41, 5.74) is 0. The molecule has 1 aliphatic rings. The summed E-state index contributed by atoms with van der Waals surface area (Å²) >= 11 is 8.80. The first-order chi connectivity index (χ1) is 9.45.